The van der Waals surface area contributed by atoms with Gasteiger partial charge in [-0.15, -0.1) is 23.1 Å². The van der Waals surface area contributed by atoms with Crippen molar-refractivity contribution in [2.75, 3.05) is 5.75 Å². The van der Waals surface area contributed by atoms with E-state index in [1.807, 2.05) is 24.3 Å². The lowest BCUT2D eigenvalue weighted by Gasteiger charge is -2.06. The van der Waals surface area contributed by atoms with Crippen LogP contribution in [0.2, 0.25) is 5.02 Å². The molecule has 3 aromatic rings. The van der Waals surface area contributed by atoms with E-state index in [1.165, 1.54) is 11.8 Å². The predicted molar refractivity (Wildman–Crippen MR) is 103 cm³/mol. The number of halogens is 1. The summed E-state index contributed by atoms with van der Waals surface area (Å²) in [7, 11) is 0. The number of thioether (sulfide) groups is 1. The summed E-state index contributed by atoms with van der Waals surface area (Å²) in [6.07, 6.45) is 0. The van der Waals surface area contributed by atoms with Crippen LogP contribution in [0.4, 0.5) is 0 Å². The summed E-state index contributed by atoms with van der Waals surface area (Å²) >= 11 is 8.39. The van der Waals surface area contributed by atoms with Crippen molar-refractivity contribution in [2.24, 2.45) is 0 Å². The van der Waals surface area contributed by atoms with E-state index in [0.717, 1.165) is 23.0 Å². The number of aromatic amines is 1. The van der Waals surface area contributed by atoms with E-state index < -0.39 is 5.56 Å². The molecule has 0 radical (unpaired) electrons. The first-order chi connectivity index (χ1) is 12.5. The van der Waals surface area contributed by atoms with Gasteiger partial charge in [-0.25, -0.2) is 0 Å². The highest BCUT2D eigenvalue weighted by molar-refractivity contribution is 8.02. The van der Waals surface area contributed by atoms with Crippen molar-refractivity contribution >= 4 is 50.8 Å². The Morgan fingerprint density at radius 1 is 1.42 bits per heavy atom. The standard InChI is InChI=1S/C17H12ClN3O3S2/c18-11-4-2-1-3-9(11)7-20-14(24)8-25-17-10(6-19)15-16(26-17)12(22)5-13(23)21-15/h1-5H,7-8H2,(H,20,24)(H2,21,22,23). The zero-order chi connectivity index (χ0) is 18.7. The highest BCUT2D eigenvalue weighted by Gasteiger charge is 2.17. The number of aromatic nitrogens is 1. The minimum Gasteiger partial charge on any atom is -0.506 e. The van der Waals surface area contributed by atoms with Gasteiger partial charge >= 0.3 is 0 Å². The molecule has 1 aromatic carbocycles. The summed E-state index contributed by atoms with van der Waals surface area (Å²) in [6, 6.07) is 10.3. The maximum atomic E-state index is 12.1. The predicted octanol–water partition coefficient (Wildman–Crippen LogP) is 3.23. The van der Waals surface area contributed by atoms with Gasteiger partial charge in [0.05, 0.1) is 20.2 Å². The smallest absolute Gasteiger partial charge is 0.252 e. The Morgan fingerprint density at radius 2 is 2.19 bits per heavy atom. The second kappa shape index (κ2) is 7.83. The normalized spacial score (nSPS) is 10.6. The van der Waals surface area contributed by atoms with Gasteiger partial charge in [-0.2, -0.15) is 5.26 Å². The second-order valence-corrected chi connectivity index (χ2v) is 7.93. The van der Waals surface area contributed by atoms with Crippen molar-refractivity contribution in [2.45, 2.75) is 10.8 Å². The Labute approximate surface area is 161 Å². The summed E-state index contributed by atoms with van der Waals surface area (Å²) in [5.41, 5.74) is 0.872. The number of hydrogen-bond donors (Lipinski definition) is 3. The number of benzene rings is 1. The van der Waals surface area contributed by atoms with Crippen LogP contribution in [-0.2, 0) is 11.3 Å². The van der Waals surface area contributed by atoms with Crippen LogP contribution in [0.1, 0.15) is 11.1 Å². The van der Waals surface area contributed by atoms with Gasteiger partial charge in [-0.3, -0.25) is 9.59 Å². The molecule has 0 aliphatic rings. The topological polar surface area (TPSA) is 106 Å². The van der Waals surface area contributed by atoms with E-state index in [-0.39, 0.29) is 23.0 Å². The molecular formula is C17H12ClN3O3S2. The van der Waals surface area contributed by atoms with E-state index in [4.69, 9.17) is 11.6 Å². The van der Waals surface area contributed by atoms with Crippen LogP contribution in [0.5, 0.6) is 5.75 Å². The number of nitriles is 1. The van der Waals surface area contributed by atoms with Gasteiger partial charge in [0.15, 0.2) is 0 Å². The Balaban J connectivity index is 1.71. The van der Waals surface area contributed by atoms with Crippen LogP contribution in [0.25, 0.3) is 10.2 Å². The number of aromatic hydroxyl groups is 1. The summed E-state index contributed by atoms with van der Waals surface area (Å²) in [5, 5.41) is 22.6. The number of fused-ring (bicyclic) bond motifs is 1. The van der Waals surface area contributed by atoms with Crippen LogP contribution >= 0.6 is 34.7 Å². The fraction of sp³-hybridized carbons (Fsp3) is 0.118. The number of rotatable bonds is 5. The largest absolute Gasteiger partial charge is 0.506 e. The highest BCUT2D eigenvalue weighted by atomic mass is 35.5. The number of nitrogens with one attached hydrogen (secondary N) is 2. The van der Waals surface area contributed by atoms with Gasteiger partial charge in [0, 0.05) is 17.6 Å². The maximum absolute atomic E-state index is 12.1. The van der Waals surface area contributed by atoms with Crippen molar-refractivity contribution < 1.29 is 9.90 Å². The molecule has 6 nitrogen and oxygen atoms in total. The van der Waals surface area contributed by atoms with Crippen molar-refractivity contribution in [1.29, 1.82) is 5.26 Å². The van der Waals surface area contributed by atoms with Crippen LogP contribution in [0.15, 0.2) is 39.3 Å². The SMILES string of the molecule is N#Cc1c(SCC(=O)NCc2ccccc2Cl)sc2c(O)cc(=O)[nH]c12. The number of carbonyl (C=O) groups excluding carboxylic acids is 1. The van der Waals surface area contributed by atoms with Crippen LogP contribution in [0, 0.1) is 11.3 Å². The van der Waals surface area contributed by atoms with E-state index in [1.54, 1.807) is 6.07 Å². The molecule has 0 saturated carbocycles. The summed E-state index contributed by atoms with van der Waals surface area (Å²) in [4.78, 5) is 26.1. The van der Waals surface area contributed by atoms with Crippen LogP contribution < -0.4 is 10.9 Å². The van der Waals surface area contributed by atoms with Crippen molar-refractivity contribution in [1.82, 2.24) is 10.3 Å². The third kappa shape index (κ3) is 3.85. The van der Waals surface area contributed by atoms with E-state index >= 15 is 0 Å². The molecule has 26 heavy (non-hydrogen) atoms. The molecule has 0 bridgehead atoms. The molecule has 0 fully saturated rings. The molecule has 1 amide bonds. The average molecular weight is 406 g/mol. The summed E-state index contributed by atoms with van der Waals surface area (Å²) in [5.74, 6) is -0.300. The number of amides is 1. The Bertz CT molecular complexity index is 1090. The molecule has 132 valence electrons. The summed E-state index contributed by atoms with van der Waals surface area (Å²) < 4.78 is 0.979. The quantitative estimate of drug-likeness (QED) is 0.565. The van der Waals surface area contributed by atoms with Gasteiger partial charge in [-0.1, -0.05) is 29.8 Å². The minimum atomic E-state index is -0.488. The first kappa shape index (κ1) is 18.3. The maximum Gasteiger partial charge on any atom is 0.252 e. The molecule has 9 heteroatoms. The Kier molecular flexibility index (Phi) is 5.52. The first-order valence-corrected chi connectivity index (χ1v) is 9.59. The zero-order valence-electron chi connectivity index (χ0n) is 13.2. The lowest BCUT2D eigenvalue weighted by molar-refractivity contribution is -0.118. The molecule has 0 spiro atoms. The highest BCUT2D eigenvalue weighted by Crippen LogP contribution is 2.39. The molecule has 3 N–H and O–H groups in total. The molecule has 0 unspecified atom stereocenters. The lowest BCUT2D eigenvalue weighted by Crippen LogP contribution is -2.24. The Morgan fingerprint density at radius 3 is 2.92 bits per heavy atom. The molecule has 0 aliphatic heterocycles. The molecule has 0 aliphatic carbocycles. The van der Waals surface area contributed by atoms with Gasteiger partial charge in [-0.05, 0) is 11.6 Å². The Hall–Kier alpha value is -2.47. The van der Waals surface area contributed by atoms with Crippen molar-refractivity contribution in [3.8, 4) is 11.8 Å². The van der Waals surface area contributed by atoms with Crippen LogP contribution in [0.3, 0.4) is 0 Å². The molecular weight excluding hydrogens is 394 g/mol. The number of thiophene rings is 1. The van der Waals surface area contributed by atoms with Gasteiger partial charge in [0.25, 0.3) is 5.56 Å². The van der Waals surface area contributed by atoms with Gasteiger partial charge in [0.1, 0.15) is 17.4 Å². The first-order valence-electron chi connectivity index (χ1n) is 7.41. The second-order valence-electron chi connectivity index (χ2n) is 5.26. The van der Waals surface area contributed by atoms with Crippen molar-refractivity contribution in [3.05, 3.63) is 56.8 Å². The van der Waals surface area contributed by atoms with E-state index in [2.05, 4.69) is 10.3 Å². The number of hydrogen-bond acceptors (Lipinski definition) is 6. The lowest BCUT2D eigenvalue weighted by atomic mass is 10.2. The third-order valence-electron chi connectivity index (χ3n) is 3.50. The number of carbonyl (C=O) groups is 1. The van der Waals surface area contributed by atoms with E-state index in [9.17, 15) is 20.0 Å². The van der Waals surface area contributed by atoms with Gasteiger partial charge in [0.2, 0.25) is 5.91 Å². The minimum absolute atomic E-state index is 0.0942. The van der Waals surface area contributed by atoms with E-state index in [0.29, 0.717) is 26.0 Å². The monoisotopic (exact) mass is 405 g/mol. The van der Waals surface area contributed by atoms with Crippen molar-refractivity contribution in [3.63, 3.8) is 0 Å². The molecule has 0 saturated heterocycles. The molecule has 3 rings (SSSR count). The number of nitrogens with zero attached hydrogens (tertiary/aromatic N) is 1. The van der Waals surface area contributed by atoms with Gasteiger partial charge < -0.3 is 15.4 Å². The average Bonchev–Trinajstić information content (AvgIpc) is 2.97. The zero-order valence-corrected chi connectivity index (χ0v) is 15.6. The fourth-order valence-electron chi connectivity index (χ4n) is 2.28. The summed E-state index contributed by atoms with van der Waals surface area (Å²) in [6.45, 7) is 0.310. The molecule has 2 aromatic heterocycles. The molecule has 2 heterocycles. The number of H-pyrrole nitrogens is 1. The fourth-order valence-corrected chi connectivity index (χ4v) is 4.65. The molecule has 0 atom stereocenters. The number of pyridine rings is 1. The van der Waals surface area contributed by atoms with Crippen LogP contribution in [-0.4, -0.2) is 21.8 Å². The third-order valence-corrected chi connectivity index (χ3v) is 6.36.